The maximum atomic E-state index is 12.7. The number of nitrogens with zero attached hydrogens (tertiary/aromatic N) is 7. The van der Waals surface area contributed by atoms with E-state index >= 15 is 0 Å². The Kier molecular flexibility index (Phi) is 5.10. The van der Waals surface area contributed by atoms with Crippen LogP contribution in [0.15, 0.2) is 18.5 Å². The summed E-state index contributed by atoms with van der Waals surface area (Å²) in [5.41, 5.74) is 2.61. The van der Waals surface area contributed by atoms with Crippen LogP contribution in [0.2, 0.25) is 0 Å². The summed E-state index contributed by atoms with van der Waals surface area (Å²) in [6.45, 7) is 6.87. The summed E-state index contributed by atoms with van der Waals surface area (Å²) in [6, 6.07) is 3.89. The lowest BCUT2D eigenvalue weighted by molar-refractivity contribution is 0.0936. The molecule has 2 atom stereocenters. The molecule has 0 aromatic carbocycles. The lowest BCUT2D eigenvalue weighted by Crippen LogP contribution is -2.41. The highest BCUT2D eigenvalue weighted by Crippen LogP contribution is 2.25. The van der Waals surface area contributed by atoms with Crippen LogP contribution in [0.1, 0.15) is 34.1 Å². The SMILES string of the molecule is CO[C@H]1C[C@@H](CNC(=O)c2nc3nc(C)cc(C)n3n2)N(c2cc(C)ncn2)C1. The molecule has 3 aromatic heterocycles. The summed E-state index contributed by atoms with van der Waals surface area (Å²) < 4.78 is 7.12. The van der Waals surface area contributed by atoms with Crippen molar-refractivity contribution in [3.05, 3.63) is 41.4 Å². The minimum absolute atomic E-state index is 0.0531. The number of aryl methyl sites for hydroxylation is 3. The third-order valence-electron chi connectivity index (χ3n) is 5.11. The number of fused-ring (bicyclic) bond motifs is 1. The Morgan fingerprint density at radius 1 is 1.21 bits per heavy atom. The smallest absolute Gasteiger partial charge is 0.291 e. The molecule has 10 nitrogen and oxygen atoms in total. The van der Waals surface area contributed by atoms with Gasteiger partial charge in [-0.25, -0.2) is 19.5 Å². The predicted molar refractivity (Wildman–Crippen MR) is 106 cm³/mol. The Morgan fingerprint density at radius 2 is 2.03 bits per heavy atom. The van der Waals surface area contributed by atoms with Crippen LogP contribution in [0.3, 0.4) is 0 Å². The Labute approximate surface area is 168 Å². The highest BCUT2D eigenvalue weighted by atomic mass is 16.5. The summed E-state index contributed by atoms with van der Waals surface area (Å²) in [6.07, 6.45) is 2.42. The minimum atomic E-state index is -0.327. The van der Waals surface area contributed by atoms with Gasteiger partial charge in [0.05, 0.1) is 12.1 Å². The number of carbonyl (C=O) groups is 1. The van der Waals surface area contributed by atoms with E-state index in [2.05, 4.69) is 35.3 Å². The van der Waals surface area contributed by atoms with Crippen molar-refractivity contribution in [2.45, 2.75) is 39.3 Å². The van der Waals surface area contributed by atoms with Crippen molar-refractivity contribution in [1.82, 2.24) is 34.9 Å². The lowest BCUT2D eigenvalue weighted by atomic mass is 10.2. The van der Waals surface area contributed by atoms with Crippen molar-refractivity contribution in [3.8, 4) is 0 Å². The van der Waals surface area contributed by atoms with Gasteiger partial charge in [0.25, 0.3) is 11.7 Å². The van der Waals surface area contributed by atoms with Crippen LogP contribution < -0.4 is 10.2 Å². The fourth-order valence-corrected chi connectivity index (χ4v) is 3.67. The number of hydrogen-bond donors (Lipinski definition) is 1. The van der Waals surface area contributed by atoms with Crippen LogP contribution in [0, 0.1) is 20.8 Å². The zero-order chi connectivity index (χ0) is 20.5. The molecule has 1 aliphatic heterocycles. The van der Waals surface area contributed by atoms with Crippen molar-refractivity contribution in [1.29, 1.82) is 0 Å². The first-order chi connectivity index (χ1) is 13.9. The number of aromatic nitrogens is 6. The van der Waals surface area contributed by atoms with Crippen LogP contribution in [0.5, 0.6) is 0 Å². The monoisotopic (exact) mass is 396 g/mol. The van der Waals surface area contributed by atoms with E-state index in [9.17, 15) is 4.79 Å². The third-order valence-corrected chi connectivity index (χ3v) is 5.11. The van der Waals surface area contributed by atoms with Gasteiger partial charge >= 0.3 is 0 Å². The molecular formula is C19H24N8O2. The number of anilines is 1. The van der Waals surface area contributed by atoms with Gasteiger partial charge in [0, 0.05) is 43.3 Å². The van der Waals surface area contributed by atoms with E-state index in [4.69, 9.17) is 4.74 Å². The number of methoxy groups -OCH3 is 1. The first-order valence-corrected chi connectivity index (χ1v) is 9.52. The molecule has 1 aliphatic rings. The molecule has 10 heteroatoms. The zero-order valence-electron chi connectivity index (χ0n) is 17.0. The second kappa shape index (κ2) is 7.70. The van der Waals surface area contributed by atoms with Crippen molar-refractivity contribution >= 4 is 17.5 Å². The predicted octanol–water partition coefficient (Wildman–Crippen LogP) is 0.863. The molecular weight excluding hydrogens is 372 g/mol. The lowest BCUT2D eigenvalue weighted by Gasteiger charge is -2.25. The summed E-state index contributed by atoms with van der Waals surface area (Å²) in [5.74, 6) is 1.03. The van der Waals surface area contributed by atoms with E-state index in [0.29, 0.717) is 18.9 Å². The molecule has 152 valence electrons. The summed E-state index contributed by atoms with van der Waals surface area (Å²) in [4.78, 5) is 32.0. The van der Waals surface area contributed by atoms with Crippen LogP contribution in [0.4, 0.5) is 5.82 Å². The molecule has 29 heavy (non-hydrogen) atoms. The Bertz CT molecular complexity index is 1050. The number of hydrogen-bond acceptors (Lipinski definition) is 8. The van der Waals surface area contributed by atoms with E-state index in [1.807, 2.05) is 32.9 Å². The van der Waals surface area contributed by atoms with Gasteiger partial charge in [-0.15, -0.1) is 5.10 Å². The van der Waals surface area contributed by atoms with E-state index in [1.165, 1.54) is 0 Å². The Balaban J connectivity index is 1.49. The molecule has 1 amide bonds. The molecule has 3 aromatic rings. The molecule has 4 heterocycles. The van der Waals surface area contributed by atoms with Gasteiger partial charge in [-0.3, -0.25) is 4.79 Å². The quantitative estimate of drug-likeness (QED) is 0.676. The number of rotatable bonds is 5. The van der Waals surface area contributed by atoms with E-state index in [1.54, 1.807) is 18.0 Å². The largest absolute Gasteiger partial charge is 0.380 e. The zero-order valence-corrected chi connectivity index (χ0v) is 17.0. The molecule has 0 radical (unpaired) electrons. The molecule has 0 unspecified atom stereocenters. The van der Waals surface area contributed by atoms with Gasteiger partial charge in [0.15, 0.2) is 0 Å². The maximum Gasteiger partial charge on any atom is 0.291 e. The van der Waals surface area contributed by atoms with Crippen LogP contribution in [-0.2, 0) is 4.74 Å². The fourth-order valence-electron chi connectivity index (χ4n) is 3.67. The third kappa shape index (κ3) is 3.88. The van der Waals surface area contributed by atoms with Crippen LogP contribution >= 0.6 is 0 Å². The number of amides is 1. The Morgan fingerprint density at radius 3 is 2.79 bits per heavy atom. The molecule has 1 saturated heterocycles. The van der Waals surface area contributed by atoms with Gasteiger partial charge in [-0.05, 0) is 33.3 Å². The van der Waals surface area contributed by atoms with E-state index < -0.39 is 0 Å². The van der Waals surface area contributed by atoms with Crippen LogP contribution in [-0.4, -0.2) is 67.8 Å². The van der Waals surface area contributed by atoms with Gasteiger partial charge in [-0.2, -0.15) is 4.98 Å². The highest BCUT2D eigenvalue weighted by molar-refractivity contribution is 5.90. The van der Waals surface area contributed by atoms with Gasteiger partial charge < -0.3 is 15.0 Å². The second-order valence-corrected chi connectivity index (χ2v) is 7.31. The van der Waals surface area contributed by atoms with Crippen molar-refractivity contribution in [3.63, 3.8) is 0 Å². The molecule has 4 rings (SSSR count). The van der Waals surface area contributed by atoms with Crippen molar-refractivity contribution in [2.24, 2.45) is 0 Å². The average molecular weight is 396 g/mol. The average Bonchev–Trinajstić information content (AvgIpc) is 3.30. The molecule has 1 N–H and O–H groups in total. The summed E-state index contributed by atoms with van der Waals surface area (Å²) in [5, 5.41) is 7.24. The Hall–Kier alpha value is -3.14. The second-order valence-electron chi connectivity index (χ2n) is 7.31. The van der Waals surface area contributed by atoms with E-state index in [0.717, 1.165) is 29.3 Å². The molecule has 1 fully saturated rings. The molecule has 0 saturated carbocycles. The standard InChI is InChI=1S/C19H24N8O2/c1-11-6-16(22-10-21-11)26-9-15(29-4)7-14(26)8-20-18(28)17-24-19-23-12(2)5-13(3)27(19)25-17/h5-6,10,14-15H,7-9H2,1-4H3,(H,20,28)/t14-,15-/m0/s1. The first kappa shape index (κ1) is 19.2. The number of ether oxygens (including phenoxy) is 1. The minimum Gasteiger partial charge on any atom is -0.380 e. The van der Waals surface area contributed by atoms with Gasteiger partial charge in [-0.1, -0.05) is 0 Å². The number of nitrogens with one attached hydrogen (secondary N) is 1. The molecule has 0 aliphatic carbocycles. The first-order valence-electron chi connectivity index (χ1n) is 9.52. The van der Waals surface area contributed by atoms with Gasteiger partial charge in [0.1, 0.15) is 12.1 Å². The molecule has 0 spiro atoms. The summed E-state index contributed by atoms with van der Waals surface area (Å²) >= 11 is 0. The van der Waals surface area contributed by atoms with Gasteiger partial charge in [0.2, 0.25) is 5.82 Å². The highest BCUT2D eigenvalue weighted by Gasteiger charge is 2.33. The maximum absolute atomic E-state index is 12.7. The van der Waals surface area contributed by atoms with Crippen LogP contribution in [0.25, 0.3) is 5.78 Å². The number of carbonyl (C=O) groups excluding carboxylic acids is 1. The summed E-state index contributed by atoms with van der Waals surface area (Å²) in [7, 11) is 1.70. The molecule has 0 bridgehead atoms. The fraction of sp³-hybridized carbons (Fsp3) is 0.474. The normalized spacial score (nSPS) is 19.1. The van der Waals surface area contributed by atoms with Crippen molar-refractivity contribution < 1.29 is 9.53 Å². The topological polar surface area (TPSA) is 110 Å². The van der Waals surface area contributed by atoms with E-state index in [-0.39, 0.29) is 23.9 Å². The van der Waals surface area contributed by atoms with Crippen molar-refractivity contribution in [2.75, 3.05) is 25.1 Å².